The Bertz CT molecular complexity index is 547. The van der Waals surface area contributed by atoms with Crippen LogP contribution in [0.1, 0.15) is 22.3 Å². The number of methoxy groups -OCH3 is 1. The van der Waals surface area contributed by atoms with Crippen molar-refractivity contribution in [2.75, 3.05) is 7.11 Å². The van der Waals surface area contributed by atoms with Crippen LogP contribution in [0.5, 0.6) is 5.75 Å². The minimum absolute atomic E-state index is 0. The summed E-state index contributed by atoms with van der Waals surface area (Å²) in [6.07, 6.45) is 3.64. The molecule has 1 aromatic heterocycles. The molecular weight excluding hydrogens is 307 g/mol. The number of aromatic nitrogens is 1. The summed E-state index contributed by atoms with van der Waals surface area (Å²) in [5.41, 5.74) is 4.99. The monoisotopic (exact) mass is 328 g/mol. The van der Waals surface area contributed by atoms with E-state index in [1.807, 2.05) is 24.5 Å². The zero-order valence-electron chi connectivity index (χ0n) is 12.6. The van der Waals surface area contributed by atoms with Crippen molar-refractivity contribution >= 4 is 24.8 Å². The molecule has 21 heavy (non-hydrogen) atoms. The molecule has 1 N–H and O–H groups in total. The van der Waals surface area contributed by atoms with Crippen molar-refractivity contribution in [3.63, 3.8) is 0 Å². The first kappa shape index (κ1) is 19.7. The number of hydrogen-bond acceptors (Lipinski definition) is 3. The van der Waals surface area contributed by atoms with Gasteiger partial charge in [-0.25, -0.2) is 0 Å². The number of hydrogen-bond donors (Lipinski definition) is 1. The van der Waals surface area contributed by atoms with Crippen LogP contribution >= 0.6 is 24.8 Å². The fourth-order valence-electron chi connectivity index (χ4n) is 2.10. The van der Waals surface area contributed by atoms with Gasteiger partial charge in [-0.3, -0.25) is 4.98 Å². The van der Waals surface area contributed by atoms with Crippen LogP contribution in [0.25, 0.3) is 0 Å². The first-order valence-electron chi connectivity index (χ1n) is 6.44. The van der Waals surface area contributed by atoms with Gasteiger partial charge >= 0.3 is 0 Å². The first-order chi connectivity index (χ1) is 9.20. The summed E-state index contributed by atoms with van der Waals surface area (Å²) in [6, 6.07) is 8.34. The van der Waals surface area contributed by atoms with Crippen LogP contribution in [0.3, 0.4) is 0 Å². The molecule has 1 aromatic carbocycles. The number of ether oxygens (including phenoxy) is 1. The van der Waals surface area contributed by atoms with Crippen LogP contribution < -0.4 is 10.1 Å². The number of rotatable bonds is 5. The molecule has 0 aliphatic carbocycles. The van der Waals surface area contributed by atoms with E-state index in [9.17, 15) is 0 Å². The van der Waals surface area contributed by atoms with E-state index in [1.54, 1.807) is 7.11 Å². The van der Waals surface area contributed by atoms with E-state index in [0.29, 0.717) is 0 Å². The second kappa shape index (κ2) is 9.61. The predicted molar refractivity (Wildman–Crippen MR) is 91.7 cm³/mol. The van der Waals surface area contributed by atoms with Gasteiger partial charge in [-0.15, -0.1) is 24.8 Å². The second-order valence-electron chi connectivity index (χ2n) is 4.71. The molecule has 0 radical (unpaired) electrons. The van der Waals surface area contributed by atoms with E-state index in [0.717, 1.165) is 18.8 Å². The molecular formula is C16H22Cl2N2O. The fourth-order valence-corrected chi connectivity index (χ4v) is 2.10. The van der Waals surface area contributed by atoms with Crippen molar-refractivity contribution in [3.05, 3.63) is 58.9 Å². The molecule has 1 heterocycles. The van der Waals surface area contributed by atoms with Crippen LogP contribution in [0.4, 0.5) is 0 Å². The van der Waals surface area contributed by atoms with E-state index in [-0.39, 0.29) is 24.8 Å². The minimum Gasteiger partial charge on any atom is -0.496 e. The Morgan fingerprint density at radius 1 is 1.00 bits per heavy atom. The standard InChI is InChI=1S/C16H20N2O.2ClH/c1-12-9-16(19-3)13(2)8-15(12)11-18-10-14-4-6-17-7-5-14;;/h4-9,18H,10-11H2,1-3H3;2*1H. The zero-order chi connectivity index (χ0) is 13.7. The lowest BCUT2D eigenvalue weighted by atomic mass is 10.0. The second-order valence-corrected chi connectivity index (χ2v) is 4.71. The molecule has 3 nitrogen and oxygen atoms in total. The summed E-state index contributed by atoms with van der Waals surface area (Å²) in [4.78, 5) is 4.01. The highest BCUT2D eigenvalue weighted by atomic mass is 35.5. The maximum absolute atomic E-state index is 5.33. The van der Waals surface area contributed by atoms with E-state index >= 15 is 0 Å². The molecule has 0 aliphatic heterocycles. The maximum atomic E-state index is 5.33. The number of halogens is 2. The number of aryl methyl sites for hydroxylation is 2. The Morgan fingerprint density at radius 3 is 2.29 bits per heavy atom. The Hall–Kier alpha value is -1.29. The Kier molecular flexibility index (Phi) is 9.02. The lowest BCUT2D eigenvalue weighted by Crippen LogP contribution is -2.13. The van der Waals surface area contributed by atoms with E-state index < -0.39 is 0 Å². The predicted octanol–water partition coefficient (Wildman–Crippen LogP) is 3.84. The van der Waals surface area contributed by atoms with E-state index in [2.05, 4.69) is 36.3 Å². The Morgan fingerprint density at radius 2 is 1.67 bits per heavy atom. The Labute approximate surface area is 139 Å². The summed E-state index contributed by atoms with van der Waals surface area (Å²) in [5.74, 6) is 0.954. The van der Waals surface area contributed by atoms with E-state index in [1.165, 1.54) is 22.3 Å². The number of nitrogens with one attached hydrogen (secondary N) is 1. The molecule has 0 aliphatic rings. The van der Waals surface area contributed by atoms with Crippen molar-refractivity contribution in [2.45, 2.75) is 26.9 Å². The molecule has 2 rings (SSSR count). The van der Waals surface area contributed by atoms with Crippen LogP contribution in [-0.2, 0) is 13.1 Å². The third-order valence-corrected chi connectivity index (χ3v) is 3.25. The largest absolute Gasteiger partial charge is 0.496 e. The van der Waals surface area contributed by atoms with Gasteiger partial charge in [0.1, 0.15) is 5.75 Å². The topological polar surface area (TPSA) is 34.1 Å². The highest BCUT2D eigenvalue weighted by molar-refractivity contribution is 5.85. The lowest BCUT2D eigenvalue weighted by molar-refractivity contribution is 0.411. The summed E-state index contributed by atoms with van der Waals surface area (Å²) >= 11 is 0. The summed E-state index contributed by atoms with van der Waals surface area (Å²) < 4.78 is 5.33. The van der Waals surface area contributed by atoms with Gasteiger partial charge in [-0.1, -0.05) is 6.07 Å². The van der Waals surface area contributed by atoms with Crippen LogP contribution in [-0.4, -0.2) is 12.1 Å². The molecule has 0 saturated carbocycles. The highest BCUT2D eigenvalue weighted by Gasteiger charge is 2.04. The van der Waals surface area contributed by atoms with Crippen molar-refractivity contribution < 1.29 is 4.74 Å². The molecule has 0 unspecified atom stereocenters. The smallest absolute Gasteiger partial charge is 0.122 e. The van der Waals surface area contributed by atoms with Gasteiger partial charge in [0.15, 0.2) is 0 Å². The van der Waals surface area contributed by atoms with Crippen molar-refractivity contribution in [1.82, 2.24) is 10.3 Å². The molecule has 0 amide bonds. The lowest BCUT2D eigenvalue weighted by Gasteiger charge is -2.12. The SMILES string of the molecule is COc1cc(C)c(CNCc2ccncc2)cc1C.Cl.Cl. The zero-order valence-corrected chi connectivity index (χ0v) is 14.2. The quantitative estimate of drug-likeness (QED) is 0.905. The first-order valence-corrected chi connectivity index (χ1v) is 6.44. The summed E-state index contributed by atoms with van der Waals surface area (Å²) in [6.45, 7) is 5.90. The molecule has 0 bridgehead atoms. The van der Waals surface area contributed by atoms with Gasteiger partial charge in [-0.05, 0) is 54.3 Å². The maximum Gasteiger partial charge on any atom is 0.122 e. The van der Waals surface area contributed by atoms with Gasteiger partial charge in [-0.2, -0.15) is 0 Å². The molecule has 0 atom stereocenters. The normalized spacial score (nSPS) is 9.48. The number of benzene rings is 1. The molecule has 2 aromatic rings. The number of pyridine rings is 1. The van der Waals surface area contributed by atoms with Gasteiger partial charge in [0.05, 0.1) is 7.11 Å². The Balaban J connectivity index is 0.00000200. The summed E-state index contributed by atoms with van der Waals surface area (Å²) in [5, 5.41) is 3.45. The molecule has 116 valence electrons. The average Bonchev–Trinajstić information content (AvgIpc) is 2.43. The molecule has 0 spiro atoms. The molecule has 0 saturated heterocycles. The molecule has 5 heteroatoms. The fraction of sp³-hybridized carbons (Fsp3) is 0.312. The highest BCUT2D eigenvalue weighted by Crippen LogP contribution is 2.22. The van der Waals surface area contributed by atoms with E-state index in [4.69, 9.17) is 4.74 Å². The average molecular weight is 329 g/mol. The van der Waals surface area contributed by atoms with Crippen molar-refractivity contribution in [2.24, 2.45) is 0 Å². The van der Waals surface area contributed by atoms with Crippen molar-refractivity contribution in [3.8, 4) is 5.75 Å². The van der Waals surface area contributed by atoms with Gasteiger partial charge in [0.2, 0.25) is 0 Å². The van der Waals surface area contributed by atoms with Gasteiger partial charge in [0.25, 0.3) is 0 Å². The van der Waals surface area contributed by atoms with Gasteiger partial charge < -0.3 is 10.1 Å². The van der Waals surface area contributed by atoms with Crippen molar-refractivity contribution in [1.29, 1.82) is 0 Å². The van der Waals surface area contributed by atoms with Crippen LogP contribution in [0.2, 0.25) is 0 Å². The molecule has 0 fully saturated rings. The minimum atomic E-state index is 0. The summed E-state index contributed by atoms with van der Waals surface area (Å²) in [7, 11) is 1.71. The third-order valence-electron chi connectivity index (χ3n) is 3.25. The number of nitrogens with zero attached hydrogens (tertiary/aromatic N) is 1. The third kappa shape index (κ3) is 5.54. The van der Waals surface area contributed by atoms with Crippen LogP contribution in [0.15, 0.2) is 36.7 Å². The van der Waals surface area contributed by atoms with Crippen LogP contribution in [0, 0.1) is 13.8 Å². The van der Waals surface area contributed by atoms with Gasteiger partial charge in [0, 0.05) is 25.5 Å².